The van der Waals surface area contributed by atoms with Crippen molar-refractivity contribution >= 4 is 19.2 Å². The summed E-state index contributed by atoms with van der Waals surface area (Å²) >= 11 is 0.931. The molecule has 3 aromatic rings. The third kappa shape index (κ3) is 8.41. The van der Waals surface area contributed by atoms with E-state index in [1.54, 1.807) is 0 Å². The zero-order valence-electron chi connectivity index (χ0n) is 19.7. The van der Waals surface area contributed by atoms with Crippen molar-refractivity contribution in [1.82, 2.24) is 15.5 Å². The van der Waals surface area contributed by atoms with Crippen molar-refractivity contribution in [2.75, 3.05) is 26.9 Å². The van der Waals surface area contributed by atoms with Crippen LogP contribution in [0.15, 0.2) is 36.4 Å². The first kappa shape index (κ1) is 29.9. The molecule has 0 aliphatic heterocycles. The van der Waals surface area contributed by atoms with Gasteiger partial charge in [0.1, 0.15) is 15.8 Å². The summed E-state index contributed by atoms with van der Waals surface area (Å²) in [5, 5.41) is 10.9. The minimum absolute atomic E-state index is 0.0149. The van der Waals surface area contributed by atoms with Crippen LogP contribution < -0.4 is 14.8 Å². The standard InChI is InChI=1S/C22H23F5N3O6PS/c1-28-16(12-36-37(31,32)33)21-30-29-20(38-21)13-7-8-17(14(11-13)22(25,26)27)34-9-2-3-10-35-18-6-4-5-15(23)19(18)24/h4-8,11,16,28H,2-3,9-10,12H2,1H3,(H2,31,32,33)/t16-/m0/s1. The minimum Gasteiger partial charge on any atom is -0.493 e. The molecule has 0 aliphatic rings. The van der Waals surface area contributed by atoms with Gasteiger partial charge in [-0.05, 0) is 50.2 Å². The van der Waals surface area contributed by atoms with E-state index in [0.29, 0.717) is 6.42 Å². The van der Waals surface area contributed by atoms with Crippen LogP contribution in [0.3, 0.4) is 0 Å². The van der Waals surface area contributed by atoms with E-state index in [2.05, 4.69) is 20.0 Å². The number of alkyl halides is 3. The SMILES string of the molecule is CN[C@@H](COP(=O)(O)O)c1nnc(-c2ccc(OCCCCOc3cccc(F)c3F)c(C(F)(F)F)c2)s1. The van der Waals surface area contributed by atoms with E-state index in [9.17, 15) is 26.5 Å². The van der Waals surface area contributed by atoms with Crippen molar-refractivity contribution in [3.05, 3.63) is 58.6 Å². The Labute approximate surface area is 217 Å². The van der Waals surface area contributed by atoms with Crippen molar-refractivity contribution in [1.29, 1.82) is 0 Å². The Balaban J connectivity index is 1.62. The second-order valence-corrected chi connectivity index (χ2v) is 9.99. The molecule has 0 unspecified atom stereocenters. The van der Waals surface area contributed by atoms with Crippen LogP contribution in [-0.2, 0) is 15.3 Å². The van der Waals surface area contributed by atoms with Gasteiger partial charge in [0.2, 0.25) is 5.82 Å². The van der Waals surface area contributed by atoms with Gasteiger partial charge in [0.05, 0.1) is 31.4 Å². The molecule has 0 radical (unpaired) electrons. The van der Waals surface area contributed by atoms with Gasteiger partial charge in [0, 0.05) is 5.56 Å². The zero-order valence-corrected chi connectivity index (χ0v) is 21.5. The second kappa shape index (κ2) is 12.9. The molecule has 9 nitrogen and oxygen atoms in total. The fourth-order valence-corrected chi connectivity index (χ4v) is 4.39. The van der Waals surface area contributed by atoms with Crippen LogP contribution >= 0.6 is 19.2 Å². The first-order valence-corrected chi connectivity index (χ1v) is 13.4. The van der Waals surface area contributed by atoms with Crippen LogP contribution in [0, 0.1) is 11.6 Å². The van der Waals surface area contributed by atoms with E-state index >= 15 is 0 Å². The summed E-state index contributed by atoms with van der Waals surface area (Å²) in [6, 6.07) is 6.17. The fraction of sp³-hybridized carbons (Fsp3) is 0.364. The van der Waals surface area contributed by atoms with Crippen LogP contribution in [0.2, 0.25) is 0 Å². The maximum Gasteiger partial charge on any atom is 0.469 e. The van der Waals surface area contributed by atoms with Gasteiger partial charge in [-0.25, -0.2) is 8.96 Å². The first-order valence-electron chi connectivity index (χ1n) is 11.0. The highest BCUT2D eigenvalue weighted by atomic mass is 32.1. The first-order chi connectivity index (χ1) is 17.9. The number of ether oxygens (including phenoxy) is 2. The van der Waals surface area contributed by atoms with Gasteiger partial charge < -0.3 is 24.6 Å². The third-order valence-corrected chi connectivity index (χ3v) is 6.57. The molecule has 1 heterocycles. The fourth-order valence-electron chi connectivity index (χ4n) is 3.12. The number of hydrogen-bond donors (Lipinski definition) is 3. The molecule has 1 atom stereocenters. The van der Waals surface area contributed by atoms with Gasteiger partial charge in [-0.1, -0.05) is 17.4 Å². The molecule has 3 rings (SSSR count). The van der Waals surface area contributed by atoms with Crippen molar-refractivity contribution in [3.63, 3.8) is 0 Å². The highest BCUT2D eigenvalue weighted by molar-refractivity contribution is 7.46. The van der Waals surface area contributed by atoms with Gasteiger partial charge in [0.15, 0.2) is 11.6 Å². The smallest absolute Gasteiger partial charge is 0.469 e. The number of unbranched alkanes of at least 4 members (excludes halogenated alkanes) is 1. The lowest BCUT2D eigenvalue weighted by atomic mass is 10.1. The molecule has 38 heavy (non-hydrogen) atoms. The lowest BCUT2D eigenvalue weighted by Crippen LogP contribution is -2.21. The Morgan fingerprint density at radius 3 is 2.37 bits per heavy atom. The van der Waals surface area contributed by atoms with Crippen molar-refractivity contribution in [2.45, 2.75) is 25.1 Å². The van der Waals surface area contributed by atoms with Gasteiger partial charge in [0.25, 0.3) is 0 Å². The van der Waals surface area contributed by atoms with Crippen LogP contribution in [-0.4, -0.2) is 46.9 Å². The van der Waals surface area contributed by atoms with E-state index in [0.717, 1.165) is 29.5 Å². The van der Waals surface area contributed by atoms with Crippen molar-refractivity contribution in [3.8, 4) is 22.1 Å². The predicted octanol–water partition coefficient (Wildman–Crippen LogP) is 5.11. The highest BCUT2D eigenvalue weighted by Gasteiger charge is 2.35. The molecule has 0 aliphatic carbocycles. The maximum atomic E-state index is 13.7. The van der Waals surface area contributed by atoms with Crippen molar-refractivity contribution < 1.29 is 50.3 Å². The summed E-state index contributed by atoms with van der Waals surface area (Å²) < 4.78 is 93.8. The number of phosphoric acid groups is 1. The molecule has 0 amide bonds. The summed E-state index contributed by atoms with van der Waals surface area (Å²) in [4.78, 5) is 17.7. The molecule has 0 bridgehead atoms. The number of nitrogens with one attached hydrogen (secondary N) is 1. The lowest BCUT2D eigenvalue weighted by molar-refractivity contribution is -0.138. The summed E-state index contributed by atoms with van der Waals surface area (Å²) in [6.45, 7) is -0.497. The quantitative estimate of drug-likeness (QED) is 0.143. The van der Waals surface area contributed by atoms with Gasteiger partial charge in [-0.2, -0.15) is 17.6 Å². The van der Waals surface area contributed by atoms with Gasteiger partial charge >= 0.3 is 14.0 Å². The van der Waals surface area contributed by atoms with Crippen LogP contribution in [0.1, 0.15) is 29.5 Å². The number of benzene rings is 2. The van der Waals surface area contributed by atoms with E-state index in [1.807, 2.05) is 0 Å². The maximum absolute atomic E-state index is 13.7. The predicted molar refractivity (Wildman–Crippen MR) is 127 cm³/mol. The van der Waals surface area contributed by atoms with E-state index in [-0.39, 0.29) is 41.0 Å². The molecular weight excluding hydrogens is 560 g/mol. The number of halogens is 5. The molecule has 0 spiro atoms. The van der Waals surface area contributed by atoms with E-state index in [1.165, 1.54) is 25.2 Å². The Hall–Kier alpha value is -2.68. The molecule has 0 saturated heterocycles. The number of aromatic nitrogens is 2. The number of nitrogens with zero attached hydrogens (tertiary/aromatic N) is 2. The van der Waals surface area contributed by atoms with Gasteiger partial charge in [-0.15, -0.1) is 10.2 Å². The molecule has 208 valence electrons. The normalized spacial score (nSPS) is 12.9. The minimum atomic E-state index is -4.73. The summed E-state index contributed by atoms with van der Waals surface area (Å²) in [7, 11) is -3.23. The van der Waals surface area contributed by atoms with E-state index in [4.69, 9.17) is 19.3 Å². The number of rotatable bonds is 13. The molecule has 0 fully saturated rings. The summed E-state index contributed by atoms with van der Waals surface area (Å²) in [5.41, 5.74) is -0.912. The average molecular weight is 583 g/mol. The Morgan fingerprint density at radius 1 is 1.05 bits per heavy atom. The van der Waals surface area contributed by atoms with Crippen LogP contribution in [0.25, 0.3) is 10.6 Å². The van der Waals surface area contributed by atoms with Gasteiger partial charge in [-0.3, -0.25) is 4.52 Å². The van der Waals surface area contributed by atoms with Crippen molar-refractivity contribution in [2.24, 2.45) is 0 Å². The molecule has 0 saturated carbocycles. The topological polar surface area (TPSA) is 123 Å². The third-order valence-electron chi connectivity index (χ3n) is 5.00. The largest absolute Gasteiger partial charge is 0.493 e. The Morgan fingerprint density at radius 2 is 1.74 bits per heavy atom. The zero-order chi connectivity index (χ0) is 27.9. The molecule has 1 aromatic heterocycles. The second-order valence-electron chi connectivity index (χ2n) is 7.74. The molecular formula is C22H23F5N3O6PS. The monoisotopic (exact) mass is 583 g/mol. The number of phosphoric ester groups is 1. The van der Waals surface area contributed by atoms with E-state index < -0.39 is 49.6 Å². The van der Waals surface area contributed by atoms with Crippen LogP contribution in [0.5, 0.6) is 11.5 Å². The average Bonchev–Trinajstić information content (AvgIpc) is 3.33. The molecule has 2 aromatic carbocycles. The Bertz CT molecular complexity index is 1270. The molecule has 3 N–H and O–H groups in total. The van der Waals surface area contributed by atoms with Crippen LogP contribution in [0.4, 0.5) is 22.0 Å². The highest BCUT2D eigenvalue weighted by Crippen LogP contribution is 2.40. The lowest BCUT2D eigenvalue weighted by Gasteiger charge is -2.15. The summed E-state index contributed by atoms with van der Waals surface area (Å²) in [6.07, 6.45) is -4.12. The number of hydrogen-bond acceptors (Lipinski definition) is 8. The summed E-state index contributed by atoms with van der Waals surface area (Å²) in [5.74, 6) is -2.81. The Kier molecular flexibility index (Phi) is 10.2. The molecule has 16 heteroatoms. The number of likely N-dealkylation sites (N-methyl/N-ethyl adjacent to an activating group) is 1.